The molecule has 8 heteroatoms. The molecule has 88 heavy (non-hydrogen) atoms. The first kappa shape index (κ1) is 62.0. The summed E-state index contributed by atoms with van der Waals surface area (Å²) in [7, 11) is 0. The van der Waals surface area contributed by atoms with E-state index in [1.165, 1.54) is 230 Å². The van der Waals surface area contributed by atoms with E-state index in [2.05, 4.69) is 118 Å². The average molecular weight is 1200 g/mol. The molecule has 5 aromatic carbocycles. The maximum atomic E-state index is 7.70. The van der Waals surface area contributed by atoms with Crippen LogP contribution in [0.1, 0.15) is 316 Å². The molecule has 0 aromatic heterocycles. The van der Waals surface area contributed by atoms with Crippen LogP contribution in [0.3, 0.4) is 0 Å². The lowest BCUT2D eigenvalue weighted by Gasteiger charge is -2.33. The van der Waals surface area contributed by atoms with Gasteiger partial charge in [-0.3, -0.25) is 0 Å². The molecule has 0 fully saturated rings. The SMILES string of the molecule is CCCCCCCc1c(CCCCCCC)c2cc3c(cc2c2cc4c(cc12)C1(C)OC4(C)C2=C1C1OC2c2cc(OCCCCCC)c(OCCCCCC)cc21)C1(C)OC3(C)C2=C1C1OC2c2cc(OCCCCCC)c(OCCCCCC)cc21. The van der Waals surface area contributed by atoms with Gasteiger partial charge in [0.25, 0.3) is 0 Å². The van der Waals surface area contributed by atoms with Crippen molar-refractivity contribution in [2.75, 3.05) is 26.4 Å². The maximum absolute atomic E-state index is 7.70. The van der Waals surface area contributed by atoms with Crippen LogP contribution < -0.4 is 18.9 Å². The van der Waals surface area contributed by atoms with E-state index in [4.69, 9.17) is 37.9 Å². The zero-order chi connectivity index (χ0) is 61.0. The topological polar surface area (TPSA) is 73.8 Å². The van der Waals surface area contributed by atoms with Crippen LogP contribution in [-0.2, 0) is 54.2 Å². The van der Waals surface area contributed by atoms with Gasteiger partial charge in [-0.1, -0.05) is 170 Å². The first-order chi connectivity index (χ1) is 42.9. The smallest absolute Gasteiger partial charge is 0.161 e. The molecule has 0 spiro atoms. The highest BCUT2D eigenvalue weighted by atomic mass is 16.6. The summed E-state index contributed by atoms with van der Waals surface area (Å²) in [4.78, 5) is 0. The van der Waals surface area contributed by atoms with Gasteiger partial charge in [-0.25, -0.2) is 0 Å². The van der Waals surface area contributed by atoms with Gasteiger partial charge in [0.2, 0.25) is 0 Å². The number of unbranched alkanes of at least 4 members (excludes halogenated alkanes) is 20. The van der Waals surface area contributed by atoms with Gasteiger partial charge in [-0.15, -0.1) is 0 Å². The van der Waals surface area contributed by atoms with Crippen molar-refractivity contribution in [3.8, 4) is 23.0 Å². The quantitative estimate of drug-likeness (QED) is 0.0223. The Morgan fingerprint density at radius 1 is 0.295 bits per heavy atom. The minimum absolute atomic E-state index is 0.202. The maximum Gasteiger partial charge on any atom is 0.161 e. The fourth-order valence-electron chi connectivity index (χ4n) is 17.7. The molecule has 8 nitrogen and oxygen atoms in total. The number of hydrogen-bond acceptors (Lipinski definition) is 8. The average Bonchev–Trinajstić information content (AvgIpc) is 1.49. The molecule has 8 unspecified atom stereocenters. The standard InChI is InChI=1S/C80H106O8/c1-11-17-23-29-31-37-51-52(38-32-30-24-18-12-2)54-44-62-64(80(10)72-70(78(62,8)88-80)74-58-48-66(82-40-34-26-20-14-4)68(50-60(58)76(72)86-74)84-42-36-28-22-16-6)46-56(54)55-45-63-61(43-53(51)55)77(7)69-71(79(63,9)87-77)75-59-49-67(83-41-35-27-21-15-5)65(47-57(59)73(69)85-75)81-39-33-25-19-13-3/h43-50,73-76H,11-42H2,1-10H3. The minimum Gasteiger partial charge on any atom is -0.490 e. The van der Waals surface area contributed by atoms with Gasteiger partial charge in [0.05, 0.1) is 26.4 Å². The Morgan fingerprint density at radius 3 is 0.795 bits per heavy atom. The predicted molar refractivity (Wildman–Crippen MR) is 357 cm³/mol. The van der Waals surface area contributed by atoms with Crippen molar-refractivity contribution >= 4 is 21.5 Å². The Morgan fingerprint density at radius 2 is 0.534 bits per heavy atom. The van der Waals surface area contributed by atoms with Crippen LogP contribution in [0.2, 0.25) is 0 Å². The Balaban J connectivity index is 0.916. The Kier molecular flexibility index (Phi) is 18.1. The molecule has 474 valence electrons. The van der Waals surface area contributed by atoms with Crippen molar-refractivity contribution in [3.63, 3.8) is 0 Å². The third kappa shape index (κ3) is 10.3. The van der Waals surface area contributed by atoms with Gasteiger partial charge >= 0.3 is 0 Å². The summed E-state index contributed by atoms with van der Waals surface area (Å²) in [5.74, 6) is 3.40. The second kappa shape index (κ2) is 25.7. The summed E-state index contributed by atoms with van der Waals surface area (Å²) in [6.07, 6.45) is 32.3. The summed E-state index contributed by atoms with van der Waals surface area (Å²) in [5, 5.41) is 5.48. The van der Waals surface area contributed by atoms with E-state index >= 15 is 0 Å². The Hall–Kier alpha value is -4.86. The van der Waals surface area contributed by atoms with Crippen LogP contribution in [0.4, 0.5) is 0 Å². The second-order valence-corrected chi connectivity index (χ2v) is 28.4. The van der Waals surface area contributed by atoms with Crippen LogP contribution in [0.5, 0.6) is 23.0 Å². The molecule has 5 aromatic rings. The second-order valence-electron chi connectivity index (χ2n) is 28.4. The molecule has 8 aliphatic rings. The van der Waals surface area contributed by atoms with E-state index in [9.17, 15) is 0 Å². The molecule has 8 bridgehead atoms. The van der Waals surface area contributed by atoms with Crippen LogP contribution >= 0.6 is 0 Å². The molecule has 0 saturated heterocycles. The summed E-state index contributed by atoms with van der Waals surface area (Å²) < 4.78 is 56.7. The summed E-state index contributed by atoms with van der Waals surface area (Å²) in [5.41, 5.74) is 15.7. The highest BCUT2D eigenvalue weighted by molar-refractivity contribution is 6.12. The van der Waals surface area contributed by atoms with Crippen molar-refractivity contribution in [2.24, 2.45) is 0 Å². The molecule has 8 atom stereocenters. The normalized spacial score (nSPS) is 25.8. The summed E-state index contributed by atoms with van der Waals surface area (Å²) in [6, 6.07) is 19.6. The van der Waals surface area contributed by atoms with Gasteiger partial charge in [-0.2, -0.15) is 0 Å². The van der Waals surface area contributed by atoms with Crippen LogP contribution in [0.15, 0.2) is 70.8 Å². The molecule has 13 rings (SSSR count). The molecule has 8 aliphatic heterocycles. The third-order valence-electron chi connectivity index (χ3n) is 22.2. The monoisotopic (exact) mass is 1190 g/mol. The lowest BCUT2D eigenvalue weighted by molar-refractivity contribution is -0.0887. The molecule has 0 aliphatic carbocycles. The van der Waals surface area contributed by atoms with Crippen LogP contribution in [0, 0.1) is 0 Å². The first-order valence-electron chi connectivity index (χ1n) is 36.1. The third-order valence-corrected chi connectivity index (χ3v) is 22.2. The van der Waals surface area contributed by atoms with E-state index in [0.717, 1.165) is 61.5 Å². The fourth-order valence-corrected chi connectivity index (χ4v) is 17.7. The van der Waals surface area contributed by atoms with E-state index in [-0.39, 0.29) is 24.4 Å². The van der Waals surface area contributed by atoms with Crippen molar-refractivity contribution < 1.29 is 37.9 Å². The Labute approximate surface area is 528 Å². The van der Waals surface area contributed by atoms with E-state index in [1.807, 2.05) is 0 Å². The number of hydrogen-bond donors (Lipinski definition) is 0. The number of aryl methyl sites for hydroxylation is 2. The molecular weight excluding hydrogens is 1090 g/mol. The molecule has 0 radical (unpaired) electrons. The molecular formula is C80H106O8. The zero-order valence-corrected chi connectivity index (χ0v) is 55.8. The number of benzene rings is 5. The highest BCUT2D eigenvalue weighted by Crippen LogP contribution is 2.76. The van der Waals surface area contributed by atoms with E-state index in [1.54, 1.807) is 11.1 Å². The van der Waals surface area contributed by atoms with Gasteiger partial charge in [0.1, 0.15) is 46.8 Å². The van der Waals surface area contributed by atoms with Gasteiger partial charge < -0.3 is 37.9 Å². The molecule has 0 N–H and O–H groups in total. The predicted octanol–water partition coefficient (Wildman–Crippen LogP) is 22.0. The van der Waals surface area contributed by atoms with Crippen molar-refractivity contribution in [1.29, 1.82) is 0 Å². The lowest BCUT2D eigenvalue weighted by atomic mass is 9.66. The largest absolute Gasteiger partial charge is 0.490 e. The molecule has 8 heterocycles. The zero-order valence-electron chi connectivity index (χ0n) is 55.8. The number of rotatable bonds is 36. The van der Waals surface area contributed by atoms with Gasteiger partial charge in [0, 0.05) is 22.3 Å². The summed E-state index contributed by atoms with van der Waals surface area (Å²) >= 11 is 0. The highest BCUT2D eigenvalue weighted by Gasteiger charge is 2.70. The van der Waals surface area contributed by atoms with E-state index < -0.39 is 22.4 Å². The van der Waals surface area contributed by atoms with Crippen LogP contribution in [0.25, 0.3) is 21.5 Å². The molecule has 0 amide bonds. The van der Waals surface area contributed by atoms with Crippen molar-refractivity contribution in [1.82, 2.24) is 0 Å². The summed E-state index contributed by atoms with van der Waals surface area (Å²) in [6.45, 7) is 25.9. The van der Waals surface area contributed by atoms with Crippen molar-refractivity contribution in [3.05, 3.63) is 126 Å². The lowest BCUT2D eigenvalue weighted by Crippen LogP contribution is -2.27. The van der Waals surface area contributed by atoms with Crippen LogP contribution in [-0.4, -0.2) is 26.4 Å². The fraction of sp³-hybridized carbons (Fsp3) is 0.625. The Bertz CT molecular complexity index is 3250. The number of fused-ring (bicyclic) bond motifs is 31. The van der Waals surface area contributed by atoms with Gasteiger partial charge in [0.15, 0.2) is 23.0 Å². The van der Waals surface area contributed by atoms with E-state index in [0.29, 0.717) is 26.4 Å². The minimum atomic E-state index is -0.672. The molecule has 0 saturated carbocycles. The van der Waals surface area contributed by atoms with Crippen molar-refractivity contribution in [2.45, 2.75) is 296 Å². The number of ether oxygens (including phenoxy) is 8. The first-order valence-corrected chi connectivity index (χ1v) is 36.1. The van der Waals surface area contributed by atoms with Gasteiger partial charge in [-0.05, 0) is 205 Å².